The maximum absolute atomic E-state index is 13.2. The Morgan fingerprint density at radius 3 is 2.75 bits per heavy atom. The van der Waals surface area contributed by atoms with E-state index in [0.717, 1.165) is 30.6 Å². The van der Waals surface area contributed by atoms with Crippen molar-refractivity contribution >= 4 is 35.1 Å². The zero-order chi connectivity index (χ0) is 25.7. The van der Waals surface area contributed by atoms with E-state index in [1.165, 1.54) is 0 Å². The average Bonchev–Trinajstić information content (AvgIpc) is 3.32. The number of benzene rings is 1. The van der Waals surface area contributed by atoms with E-state index >= 15 is 0 Å². The molecule has 0 saturated carbocycles. The number of aromatic nitrogens is 3. The number of imidazole rings is 1. The number of aryl methyl sites for hydroxylation is 1. The van der Waals surface area contributed by atoms with E-state index in [4.69, 9.17) is 21.7 Å². The molecule has 3 N–H and O–H groups in total. The lowest BCUT2D eigenvalue weighted by molar-refractivity contribution is -0.137. The number of anilines is 1. The number of carbonyl (C=O) groups excluding carboxylic acids is 1. The van der Waals surface area contributed by atoms with Crippen LogP contribution in [0, 0.1) is 0 Å². The summed E-state index contributed by atoms with van der Waals surface area (Å²) in [6.07, 6.45) is 4.64. The molecule has 1 fully saturated rings. The van der Waals surface area contributed by atoms with Gasteiger partial charge in [-0.05, 0) is 18.6 Å². The van der Waals surface area contributed by atoms with Crippen molar-refractivity contribution in [2.24, 2.45) is 0 Å². The lowest BCUT2D eigenvalue weighted by Crippen LogP contribution is -2.58. The summed E-state index contributed by atoms with van der Waals surface area (Å²) in [6, 6.07) is 8.43. The van der Waals surface area contributed by atoms with Crippen LogP contribution in [0.15, 0.2) is 41.3 Å². The maximum Gasteiger partial charge on any atom is 0.305 e. The summed E-state index contributed by atoms with van der Waals surface area (Å²) in [6.45, 7) is 4.42. The van der Waals surface area contributed by atoms with Crippen molar-refractivity contribution in [1.82, 2.24) is 24.6 Å². The Balaban J connectivity index is 1.67. The molecule has 1 saturated heterocycles. The third kappa shape index (κ3) is 5.88. The molecule has 1 aromatic carbocycles. The second-order valence-corrected chi connectivity index (χ2v) is 9.33. The summed E-state index contributed by atoms with van der Waals surface area (Å²) in [5.41, 5.74) is 1.35. The quantitative estimate of drug-likeness (QED) is 0.355. The first kappa shape index (κ1) is 25.7. The molecule has 0 aliphatic carbocycles. The Labute approximate surface area is 213 Å². The molecule has 0 radical (unpaired) electrons. The number of carboxylic acids is 1. The van der Waals surface area contributed by atoms with Crippen molar-refractivity contribution < 1.29 is 14.7 Å². The largest absolute Gasteiger partial charge is 0.481 e. The van der Waals surface area contributed by atoms with Crippen molar-refractivity contribution in [3.05, 3.63) is 51.9 Å². The normalized spacial score (nSPS) is 15.8. The molecule has 3 heterocycles. The molecular weight excluding hydrogens is 484 g/mol. The second-order valence-electron chi connectivity index (χ2n) is 8.89. The van der Waals surface area contributed by atoms with E-state index < -0.39 is 12.0 Å². The summed E-state index contributed by atoms with van der Waals surface area (Å²) in [5, 5.41) is 15.3. The SMILES string of the molecule is CCCCCn1c(N2CCNC(C(=O)NCCC(=O)O)C2)cc(=O)n2cc(-c3ccc(Cl)cc3)nc12. The fourth-order valence-electron chi connectivity index (χ4n) is 4.39. The summed E-state index contributed by atoms with van der Waals surface area (Å²) in [7, 11) is 0. The molecule has 1 aliphatic heterocycles. The van der Waals surface area contributed by atoms with Gasteiger partial charge in [-0.2, -0.15) is 0 Å². The molecule has 11 heteroatoms. The van der Waals surface area contributed by atoms with E-state index in [0.29, 0.717) is 42.7 Å². The number of nitrogens with one attached hydrogen (secondary N) is 2. The highest BCUT2D eigenvalue weighted by Gasteiger charge is 2.28. The number of carbonyl (C=O) groups is 2. The minimum Gasteiger partial charge on any atom is -0.481 e. The van der Waals surface area contributed by atoms with Gasteiger partial charge in [0.15, 0.2) is 0 Å². The van der Waals surface area contributed by atoms with Gasteiger partial charge in [0.25, 0.3) is 5.56 Å². The van der Waals surface area contributed by atoms with Gasteiger partial charge in [-0.1, -0.05) is 43.5 Å². The van der Waals surface area contributed by atoms with Crippen LogP contribution in [0.5, 0.6) is 0 Å². The molecule has 2 aromatic heterocycles. The third-order valence-electron chi connectivity index (χ3n) is 6.27. The third-order valence-corrected chi connectivity index (χ3v) is 6.53. The molecule has 1 amide bonds. The topological polar surface area (TPSA) is 121 Å². The van der Waals surface area contributed by atoms with Crippen LogP contribution < -0.4 is 21.1 Å². The van der Waals surface area contributed by atoms with Crippen molar-refractivity contribution in [2.75, 3.05) is 31.1 Å². The van der Waals surface area contributed by atoms with Crippen LogP contribution in [0.2, 0.25) is 5.02 Å². The number of hydrogen-bond donors (Lipinski definition) is 3. The van der Waals surface area contributed by atoms with E-state index in [9.17, 15) is 14.4 Å². The first-order valence-corrected chi connectivity index (χ1v) is 12.6. The van der Waals surface area contributed by atoms with Crippen molar-refractivity contribution in [3.63, 3.8) is 0 Å². The predicted octanol–water partition coefficient (Wildman–Crippen LogP) is 2.38. The highest BCUT2D eigenvalue weighted by atomic mass is 35.5. The number of amides is 1. The van der Waals surface area contributed by atoms with Gasteiger partial charge in [0.1, 0.15) is 11.9 Å². The van der Waals surface area contributed by atoms with Gasteiger partial charge < -0.3 is 20.6 Å². The second kappa shape index (κ2) is 11.6. The van der Waals surface area contributed by atoms with Gasteiger partial charge in [-0.3, -0.25) is 23.4 Å². The first-order chi connectivity index (χ1) is 17.4. The Hall–Kier alpha value is -3.37. The van der Waals surface area contributed by atoms with Crippen LogP contribution in [0.4, 0.5) is 5.82 Å². The van der Waals surface area contributed by atoms with E-state index in [2.05, 4.69) is 22.1 Å². The van der Waals surface area contributed by atoms with Gasteiger partial charge in [0, 0.05) is 55.6 Å². The summed E-state index contributed by atoms with van der Waals surface area (Å²) in [5.74, 6) is 0.0598. The number of halogens is 1. The first-order valence-electron chi connectivity index (χ1n) is 12.2. The molecule has 4 rings (SSSR count). The minimum absolute atomic E-state index is 0.0710. The van der Waals surface area contributed by atoms with Crippen molar-refractivity contribution in [1.29, 1.82) is 0 Å². The highest BCUT2D eigenvalue weighted by Crippen LogP contribution is 2.24. The van der Waals surface area contributed by atoms with E-state index in [1.807, 2.05) is 17.0 Å². The molecule has 1 aliphatic rings. The molecular formula is C25H31ClN6O4. The molecule has 10 nitrogen and oxygen atoms in total. The smallest absolute Gasteiger partial charge is 0.305 e. The van der Waals surface area contributed by atoms with Gasteiger partial charge in [-0.25, -0.2) is 4.98 Å². The number of nitrogens with zero attached hydrogens (tertiary/aromatic N) is 4. The average molecular weight is 515 g/mol. The fraction of sp³-hybridized carbons (Fsp3) is 0.440. The van der Waals surface area contributed by atoms with E-state index in [1.54, 1.807) is 28.8 Å². The lowest BCUT2D eigenvalue weighted by Gasteiger charge is -2.35. The number of aliphatic carboxylic acids is 1. The van der Waals surface area contributed by atoms with Crippen LogP contribution in [-0.4, -0.2) is 63.2 Å². The number of rotatable bonds is 10. The zero-order valence-corrected chi connectivity index (χ0v) is 21.0. The van der Waals surface area contributed by atoms with Crippen LogP contribution in [0.25, 0.3) is 17.0 Å². The molecule has 3 aromatic rings. The van der Waals surface area contributed by atoms with Gasteiger partial charge >= 0.3 is 5.97 Å². The zero-order valence-electron chi connectivity index (χ0n) is 20.2. The van der Waals surface area contributed by atoms with Gasteiger partial charge in [0.05, 0.1) is 12.1 Å². The Kier molecular flexibility index (Phi) is 8.27. The number of fused-ring (bicyclic) bond motifs is 1. The van der Waals surface area contributed by atoms with Gasteiger partial charge in [0.2, 0.25) is 11.7 Å². The highest BCUT2D eigenvalue weighted by molar-refractivity contribution is 6.30. The van der Waals surface area contributed by atoms with Crippen LogP contribution in [0.3, 0.4) is 0 Å². The van der Waals surface area contributed by atoms with Gasteiger partial charge in [-0.15, -0.1) is 0 Å². The number of carboxylic acid groups (broad SMARTS) is 1. The molecule has 0 bridgehead atoms. The molecule has 36 heavy (non-hydrogen) atoms. The number of unbranched alkanes of at least 4 members (excludes halogenated alkanes) is 2. The predicted molar refractivity (Wildman–Crippen MR) is 139 cm³/mol. The van der Waals surface area contributed by atoms with Crippen LogP contribution in [-0.2, 0) is 16.1 Å². The van der Waals surface area contributed by atoms with Crippen LogP contribution in [0.1, 0.15) is 32.6 Å². The fourth-order valence-corrected chi connectivity index (χ4v) is 4.52. The monoisotopic (exact) mass is 514 g/mol. The standard InChI is InChI=1S/C25H31ClN6O4/c1-2-3-4-12-31-21(30-13-11-27-20(15-30)24(36)28-10-9-23(34)35)14-22(33)32-16-19(29-25(31)32)17-5-7-18(26)8-6-17/h5-8,14,16,20,27H,2-4,9-13,15H2,1H3,(H,28,36)(H,34,35). The number of hydrogen-bond acceptors (Lipinski definition) is 6. The minimum atomic E-state index is -0.962. The Morgan fingerprint density at radius 2 is 2.03 bits per heavy atom. The summed E-state index contributed by atoms with van der Waals surface area (Å²) >= 11 is 6.04. The Bertz CT molecular complexity index is 1290. The van der Waals surface area contributed by atoms with Crippen molar-refractivity contribution in [3.8, 4) is 11.3 Å². The molecule has 0 spiro atoms. The van der Waals surface area contributed by atoms with Crippen LogP contribution >= 0.6 is 11.6 Å². The summed E-state index contributed by atoms with van der Waals surface area (Å²) < 4.78 is 3.62. The van der Waals surface area contributed by atoms with E-state index in [-0.39, 0.29) is 24.4 Å². The number of piperazine rings is 1. The van der Waals surface area contributed by atoms with Crippen molar-refractivity contribution in [2.45, 2.75) is 45.2 Å². The lowest BCUT2D eigenvalue weighted by atomic mass is 10.2. The molecule has 1 unspecified atom stereocenters. The molecule has 192 valence electrons. The molecule has 1 atom stereocenters. The Morgan fingerprint density at radius 1 is 1.25 bits per heavy atom. The summed E-state index contributed by atoms with van der Waals surface area (Å²) in [4.78, 5) is 43.4. The maximum atomic E-state index is 13.2.